The summed E-state index contributed by atoms with van der Waals surface area (Å²) in [5.41, 5.74) is 1.21. The molecule has 1 aromatic rings. The number of carbonyl (C=O) groups excluding carboxylic acids is 1. The summed E-state index contributed by atoms with van der Waals surface area (Å²) < 4.78 is 0. The van der Waals surface area contributed by atoms with E-state index in [1.165, 1.54) is 5.56 Å². The molecule has 1 heteroatoms. The van der Waals surface area contributed by atoms with E-state index in [2.05, 4.69) is 36.1 Å². The topological polar surface area (TPSA) is 17.1 Å². The molecule has 0 unspecified atom stereocenters. The van der Waals surface area contributed by atoms with Crippen molar-refractivity contribution >= 4 is 11.9 Å². The average Bonchev–Trinajstić information content (AvgIpc) is 2.40. The van der Waals surface area contributed by atoms with Gasteiger partial charge in [0.2, 0.25) is 0 Å². The summed E-state index contributed by atoms with van der Waals surface area (Å²) in [6.45, 7) is 1.80. The zero-order valence-electron chi connectivity index (χ0n) is 11.0. The summed E-state index contributed by atoms with van der Waals surface area (Å²) in [6.07, 6.45) is 8.10. The quantitative estimate of drug-likeness (QED) is 0.514. The van der Waals surface area contributed by atoms with Gasteiger partial charge in [-0.2, -0.15) is 0 Å². The van der Waals surface area contributed by atoms with E-state index < -0.39 is 0 Å². The zero-order chi connectivity index (χ0) is 13.1. The van der Waals surface area contributed by atoms with Gasteiger partial charge >= 0.3 is 0 Å². The van der Waals surface area contributed by atoms with Crippen LogP contribution in [0.2, 0.25) is 0 Å². The summed E-state index contributed by atoms with van der Waals surface area (Å²) >= 11 is 0. The minimum atomic E-state index is 0.325. The molecule has 0 fully saturated rings. The van der Waals surface area contributed by atoms with Gasteiger partial charge in [-0.1, -0.05) is 42.5 Å². The van der Waals surface area contributed by atoms with Gasteiger partial charge in [0, 0.05) is 19.3 Å². The second-order valence-corrected chi connectivity index (χ2v) is 4.17. The Hall–Kier alpha value is -1.81. The lowest BCUT2D eigenvalue weighted by Crippen LogP contribution is -1.96. The third-order valence-electron chi connectivity index (χ3n) is 2.64. The van der Waals surface area contributed by atoms with E-state index in [9.17, 15) is 4.79 Å². The molecule has 0 amide bonds. The van der Waals surface area contributed by atoms with Crippen molar-refractivity contribution in [2.24, 2.45) is 0 Å². The van der Waals surface area contributed by atoms with Gasteiger partial charge in [-0.25, -0.2) is 0 Å². The normalized spacial score (nSPS) is 10.1. The Morgan fingerprint density at radius 1 is 1.22 bits per heavy atom. The van der Waals surface area contributed by atoms with Crippen molar-refractivity contribution < 1.29 is 4.79 Å². The third-order valence-corrected chi connectivity index (χ3v) is 2.64. The van der Waals surface area contributed by atoms with Crippen molar-refractivity contribution in [3.8, 4) is 11.8 Å². The number of Topliss-reactive ketones (excluding diaryl/α,β-unsaturated/α-hetero) is 1. The maximum Gasteiger partial charge on any atom is 0.133 e. The average molecular weight is 240 g/mol. The molecule has 1 aromatic carbocycles. The number of allylic oxidation sites excluding steroid dienone is 1. The highest BCUT2D eigenvalue weighted by Gasteiger charge is 1.98. The highest BCUT2D eigenvalue weighted by atomic mass is 16.1. The Morgan fingerprint density at radius 3 is 2.72 bits per heavy atom. The van der Waals surface area contributed by atoms with Gasteiger partial charge in [-0.3, -0.25) is 4.79 Å². The Kier molecular flexibility index (Phi) is 7.32. The Bertz CT molecular complexity index is 432. The molecular weight excluding hydrogens is 220 g/mol. The van der Waals surface area contributed by atoms with Crippen LogP contribution < -0.4 is 0 Å². The Morgan fingerprint density at radius 2 is 2.00 bits per heavy atom. The number of hydrogen-bond donors (Lipinski definition) is 0. The SMILES string of the molecule is CC#CCCC(=O)CCC/C=C\c1ccccc1. The lowest BCUT2D eigenvalue weighted by Gasteiger charge is -1.96. The molecule has 0 saturated heterocycles. The van der Waals surface area contributed by atoms with Crippen molar-refractivity contribution in [2.75, 3.05) is 0 Å². The van der Waals surface area contributed by atoms with E-state index in [1.54, 1.807) is 6.92 Å². The predicted octanol–water partition coefficient (Wildman–Crippen LogP) is 4.24. The number of unbranched alkanes of at least 4 members (excludes halogenated alkanes) is 1. The van der Waals surface area contributed by atoms with E-state index in [1.807, 2.05) is 18.2 Å². The molecule has 0 spiro atoms. The Balaban J connectivity index is 2.12. The fourth-order valence-electron chi connectivity index (χ4n) is 1.65. The molecule has 1 rings (SSSR count). The van der Waals surface area contributed by atoms with Crippen molar-refractivity contribution in [3.63, 3.8) is 0 Å². The first-order valence-electron chi connectivity index (χ1n) is 6.46. The molecule has 0 radical (unpaired) electrons. The highest BCUT2D eigenvalue weighted by Crippen LogP contribution is 2.05. The van der Waals surface area contributed by atoms with E-state index in [0.29, 0.717) is 25.0 Å². The molecule has 0 heterocycles. The predicted molar refractivity (Wildman–Crippen MR) is 77.0 cm³/mol. The third kappa shape index (κ3) is 6.70. The molecule has 0 aliphatic carbocycles. The summed E-state index contributed by atoms with van der Waals surface area (Å²) in [5.74, 6) is 6.05. The van der Waals surface area contributed by atoms with Crippen molar-refractivity contribution in [3.05, 3.63) is 42.0 Å². The van der Waals surface area contributed by atoms with Crippen molar-refractivity contribution in [1.29, 1.82) is 0 Å². The van der Waals surface area contributed by atoms with Crippen LogP contribution in [0.1, 0.15) is 44.6 Å². The summed E-state index contributed by atoms with van der Waals surface area (Å²) in [4.78, 5) is 11.5. The van der Waals surface area contributed by atoms with E-state index in [4.69, 9.17) is 0 Å². The Labute approximate surface area is 110 Å². The van der Waals surface area contributed by atoms with Crippen molar-refractivity contribution in [1.82, 2.24) is 0 Å². The van der Waals surface area contributed by atoms with Gasteiger partial charge in [0.1, 0.15) is 5.78 Å². The summed E-state index contributed by atoms with van der Waals surface area (Å²) in [5, 5.41) is 0. The van der Waals surface area contributed by atoms with Crippen LogP contribution in [-0.2, 0) is 4.79 Å². The minimum Gasteiger partial charge on any atom is -0.300 e. The molecule has 0 bridgehead atoms. The van der Waals surface area contributed by atoms with Gasteiger partial charge in [-0.05, 0) is 25.3 Å². The maximum absolute atomic E-state index is 11.5. The molecular formula is C17H20O. The highest BCUT2D eigenvalue weighted by molar-refractivity contribution is 5.78. The fraction of sp³-hybridized carbons (Fsp3) is 0.353. The monoisotopic (exact) mass is 240 g/mol. The van der Waals surface area contributed by atoms with Gasteiger partial charge < -0.3 is 0 Å². The molecule has 0 aromatic heterocycles. The number of rotatable bonds is 7. The van der Waals surface area contributed by atoms with Gasteiger partial charge in [-0.15, -0.1) is 11.8 Å². The van der Waals surface area contributed by atoms with Crippen LogP contribution in [0.4, 0.5) is 0 Å². The zero-order valence-corrected chi connectivity index (χ0v) is 11.0. The second-order valence-electron chi connectivity index (χ2n) is 4.17. The largest absolute Gasteiger partial charge is 0.300 e. The number of carbonyl (C=O) groups is 1. The van der Waals surface area contributed by atoms with Gasteiger partial charge in [0.15, 0.2) is 0 Å². The lowest BCUT2D eigenvalue weighted by atomic mass is 10.1. The van der Waals surface area contributed by atoms with Crippen LogP contribution in [0.5, 0.6) is 0 Å². The van der Waals surface area contributed by atoms with Crippen LogP contribution in [0.3, 0.4) is 0 Å². The van der Waals surface area contributed by atoms with E-state index in [-0.39, 0.29) is 0 Å². The number of ketones is 1. The first-order chi connectivity index (χ1) is 8.83. The van der Waals surface area contributed by atoms with Crippen LogP contribution in [-0.4, -0.2) is 5.78 Å². The molecule has 1 nitrogen and oxygen atoms in total. The molecule has 0 atom stereocenters. The second kappa shape index (κ2) is 9.24. The van der Waals surface area contributed by atoms with Crippen LogP contribution in [0.25, 0.3) is 6.08 Å². The van der Waals surface area contributed by atoms with Gasteiger partial charge in [0.05, 0.1) is 0 Å². The van der Waals surface area contributed by atoms with Crippen LogP contribution >= 0.6 is 0 Å². The molecule has 0 aliphatic heterocycles. The molecule has 0 saturated carbocycles. The number of hydrogen-bond acceptors (Lipinski definition) is 1. The summed E-state index contributed by atoms with van der Waals surface area (Å²) in [6, 6.07) is 10.2. The smallest absolute Gasteiger partial charge is 0.133 e. The minimum absolute atomic E-state index is 0.325. The maximum atomic E-state index is 11.5. The van der Waals surface area contributed by atoms with Crippen LogP contribution in [0.15, 0.2) is 36.4 Å². The van der Waals surface area contributed by atoms with Gasteiger partial charge in [0.25, 0.3) is 0 Å². The van der Waals surface area contributed by atoms with Crippen LogP contribution in [0, 0.1) is 11.8 Å². The fourth-order valence-corrected chi connectivity index (χ4v) is 1.65. The van der Waals surface area contributed by atoms with Crippen molar-refractivity contribution in [2.45, 2.75) is 39.0 Å². The number of benzene rings is 1. The first kappa shape index (κ1) is 14.3. The van der Waals surface area contributed by atoms with E-state index in [0.717, 1.165) is 12.8 Å². The molecule has 0 N–H and O–H groups in total. The molecule has 18 heavy (non-hydrogen) atoms. The molecule has 94 valence electrons. The first-order valence-corrected chi connectivity index (χ1v) is 6.46. The lowest BCUT2D eigenvalue weighted by molar-refractivity contribution is -0.119. The molecule has 0 aliphatic rings. The summed E-state index contributed by atoms with van der Waals surface area (Å²) in [7, 11) is 0. The van der Waals surface area contributed by atoms with E-state index >= 15 is 0 Å². The standard InChI is InChI=1S/C17H20O/c1-2-3-6-14-17(18)15-10-5-9-13-16-11-7-4-8-12-16/h4,7-9,11-13H,5-6,10,14-15H2,1H3/b13-9-.